The number of alkyl halides is 1. The Labute approximate surface area is 104 Å². The first kappa shape index (κ1) is 11.9. The molecule has 1 unspecified atom stereocenters. The van der Waals surface area contributed by atoms with E-state index in [1.165, 1.54) is 0 Å². The first-order valence-corrected chi connectivity index (χ1v) is 5.80. The average Bonchev–Trinajstić information content (AvgIpc) is 2.35. The summed E-state index contributed by atoms with van der Waals surface area (Å²) >= 11 is 6.23. The zero-order valence-electron chi connectivity index (χ0n) is 9.14. The second kappa shape index (κ2) is 5.15. The molecular weight excluding hydrogens is 238 g/mol. The Morgan fingerprint density at radius 1 is 1.35 bits per heavy atom. The van der Waals surface area contributed by atoms with Crippen molar-refractivity contribution in [2.24, 2.45) is 0 Å². The topological polar surface area (TPSA) is 50.2 Å². The van der Waals surface area contributed by atoms with Gasteiger partial charge < -0.3 is 5.11 Å². The minimum Gasteiger partial charge on any atom is -0.481 e. The van der Waals surface area contributed by atoms with E-state index in [1.54, 1.807) is 12.4 Å². The van der Waals surface area contributed by atoms with E-state index in [0.717, 1.165) is 16.3 Å². The van der Waals surface area contributed by atoms with Gasteiger partial charge in [0, 0.05) is 24.2 Å². The van der Waals surface area contributed by atoms with Crippen LogP contribution in [0.2, 0.25) is 0 Å². The van der Waals surface area contributed by atoms with Crippen LogP contribution in [-0.4, -0.2) is 16.1 Å². The summed E-state index contributed by atoms with van der Waals surface area (Å²) in [5, 5.41) is 10.4. The SMILES string of the molecule is O=C(O)CCC(Cl)c1cncc2ccccc12. The van der Waals surface area contributed by atoms with Gasteiger partial charge in [-0.1, -0.05) is 24.3 Å². The monoisotopic (exact) mass is 249 g/mol. The summed E-state index contributed by atoms with van der Waals surface area (Å²) in [6.45, 7) is 0. The first-order valence-electron chi connectivity index (χ1n) is 5.37. The summed E-state index contributed by atoms with van der Waals surface area (Å²) in [4.78, 5) is 14.7. The number of aromatic nitrogens is 1. The fraction of sp³-hybridized carbons (Fsp3) is 0.231. The second-order valence-corrected chi connectivity index (χ2v) is 4.38. The van der Waals surface area contributed by atoms with Gasteiger partial charge >= 0.3 is 5.97 Å². The molecule has 2 aromatic rings. The number of carbonyl (C=O) groups is 1. The maximum atomic E-state index is 10.5. The van der Waals surface area contributed by atoms with E-state index in [2.05, 4.69) is 4.98 Å². The minimum atomic E-state index is -0.830. The number of pyridine rings is 1. The van der Waals surface area contributed by atoms with Crippen LogP contribution in [0, 0.1) is 0 Å². The van der Waals surface area contributed by atoms with Crippen LogP contribution in [-0.2, 0) is 4.79 Å². The largest absolute Gasteiger partial charge is 0.481 e. The highest BCUT2D eigenvalue weighted by Crippen LogP contribution is 2.30. The van der Waals surface area contributed by atoms with Crippen LogP contribution < -0.4 is 0 Å². The van der Waals surface area contributed by atoms with E-state index >= 15 is 0 Å². The molecule has 1 aromatic heterocycles. The van der Waals surface area contributed by atoms with Gasteiger partial charge in [0.25, 0.3) is 0 Å². The van der Waals surface area contributed by atoms with Gasteiger partial charge in [-0.15, -0.1) is 11.6 Å². The van der Waals surface area contributed by atoms with Gasteiger partial charge in [-0.3, -0.25) is 9.78 Å². The van der Waals surface area contributed by atoms with Gasteiger partial charge in [-0.05, 0) is 17.4 Å². The number of benzene rings is 1. The molecule has 0 radical (unpaired) electrons. The first-order chi connectivity index (χ1) is 8.18. The molecule has 3 nitrogen and oxygen atoms in total. The fourth-order valence-electron chi connectivity index (χ4n) is 1.80. The molecule has 0 bridgehead atoms. The Bertz CT molecular complexity index is 536. The number of fused-ring (bicyclic) bond motifs is 1. The third-order valence-corrected chi connectivity index (χ3v) is 3.10. The normalized spacial score (nSPS) is 12.5. The standard InChI is InChI=1S/C13H12ClNO2/c14-12(5-6-13(16)17)11-8-15-7-9-3-1-2-4-10(9)11/h1-4,7-8,12H,5-6H2,(H,16,17). The zero-order valence-corrected chi connectivity index (χ0v) is 9.89. The quantitative estimate of drug-likeness (QED) is 0.845. The maximum Gasteiger partial charge on any atom is 0.303 e. The van der Waals surface area contributed by atoms with E-state index in [1.807, 2.05) is 24.3 Å². The van der Waals surface area contributed by atoms with Crippen molar-refractivity contribution in [1.29, 1.82) is 0 Å². The lowest BCUT2D eigenvalue weighted by Crippen LogP contribution is -1.99. The molecule has 0 aliphatic rings. The third-order valence-electron chi connectivity index (χ3n) is 2.65. The predicted octanol–water partition coefficient (Wildman–Crippen LogP) is 3.38. The van der Waals surface area contributed by atoms with Gasteiger partial charge in [-0.25, -0.2) is 0 Å². The Morgan fingerprint density at radius 3 is 2.88 bits per heavy atom. The van der Waals surface area contributed by atoms with Crippen LogP contribution in [0.4, 0.5) is 0 Å². The fourth-order valence-corrected chi connectivity index (χ4v) is 2.08. The number of carboxylic acids is 1. The molecule has 88 valence electrons. The van der Waals surface area contributed by atoms with Crippen molar-refractivity contribution >= 4 is 28.3 Å². The summed E-state index contributed by atoms with van der Waals surface area (Å²) < 4.78 is 0. The van der Waals surface area contributed by atoms with Gasteiger partial charge in [0.05, 0.1) is 5.38 Å². The summed E-state index contributed by atoms with van der Waals surface area (Å²) in [5.74, 6) is -0.830. The van der Waals surface area contributed by atoms with Crippen molar-refractivity contribution in [2.45, 2.75) is 18.2 Å². The highest BCUT2D eigenvalue weighted by Gasteiger charge is 2.13. The van der Waals surface area contributed by atoms with Crippen molar-refractivity contribution in [3.05, 3.63) is 42.2 Å². The molecule has 0 spiro atoms. The predicted molar refractivity (Wildman–Crippen MR) is 67.2 cm³/mol. The molecule has 0 fully saturated rings. The number of halogens is 1. The van der Waals surface area contributed by atoms with Crippen molar-refractivity contribution < 1.29 is 9.90 Å². The molecule has 2 rings (SSSR count). The zero-order chi connectivity index (χ0) is 12.3. The van der Waals surface area contributed by atoms with E-state index in [-0.39, 0.29) is 11.8 Å². The Morgan fingerprint density at radius 2 is 2.12 bits per heavy atom. The van der Waals surface area contributed by atoms with E-state index in [4.69, 9.17) is 16.7 Å². The Balaban J connectivity index is 2.31. The molecule has 1 heterocycles. The molecule has 4 heteroatoms. The lowest BCUT2D eigenvalue weighted by molar-refractivity contribution is -0.137. The molecule has 1 N–H and O–H groups in total. The van der Waals surface area contributed by atoms with Crippen molar-refractivity contribution in [1.82, 2.24) is 4.98 Å². The van der Waals surface area contributed by atoms with Crippen molar-refractivity contribution in [2.75, 3.05) is 0 Å². The van der Waals surface area contributed by atoms with Crippen LogP contribution in [0.15, 0.2) is 36.7 Å². The summed E-state index contributed by atoms with van der Waals surface area (Å²) in [6, 6.07) is 7.82. The highest BCUT2D eigenvalue weighted by molar-refractivity contribution is 6.21. The van der Waals surface area contributed by atoms with Crippen molar-refractivity contribution in [3.63, 3.8) is 0 Å². The number of carboxylic acid groups (broad SMARTS) is 1. The van der Waals surface area contributed by atoms with E-state index < -0.39 is 5.97 Å². The van der Waals surface area contributed by atoms with E-state index in [0.29, 0.717) is 6.42 Å². The molecule has 0 aliphatic heterocycles. The highest BCUT2D eigenvalue weighted by atomic mass is 35.5. The van der Waals surface area contributed by atoms with Gasteiger partial charge in [-0.2, -0.15) is 0 Å². The van der Waals surface area contributed by atoms with Crippen LogP contribution >= 0.6 is 11.6 Å². The third kappa shape index (κ3) is 2.74. The molecule has 0 amide bonds. The summed E-state index contributed by atoms with van der Waals surface area (Å²) in [6.07, 6.45) is 3.96. The average molecular weight is 250 g/mol. The smallest absolute Gasteiger partial charge is 0.303 e. The molecular formula is C13H12ClNO2. The lowest BCUT2D eigenvalue weighted by Gasteiger charge is -2.11. The summed E-state index contributed by atoms with van der Waals surface area (Å²) in [5.41, 5.74) is 0.894. The molecule has 1 atom stereocenters. The molecule has 1 aromatic carbocycles. The minimum absolute atomic E-state index is 0.0669. The molecule has 17 heavy (non-hydrogen) atoms. The number of nitrogens with zero attached hydrogens (tertiary/aromatic N) is 1. The van der Waals surface area contributed by atoms with Gasteiger partial charge in [0.2, 0.25) is 0 Å². The van der Waals surface area contributed by atoms with Crippen molar-refractivity contribution in [3.8, 4) is 0 Å². The van der Waals surface area contributed by atoms with Gasteiger partial charge in [0.15, 0.2) is 0 Å². The molecule has 0 saturated carbocycles. The summed E-state index contributed by atoms with van der Waals surface area (Å²) in [7, 11) is 0. The number of rotatable bonds is 4. The number of hydrogen-bond acceptors (Lipinski definition) is 2. The van der Waals surface area contributed by atoms with E-state index in [9.17, 15) is 4.79 Å². The molecule has 0 aliphatic carbocycles. The van der Waals surface area contributed by atoms with Crippen LogP contribution in [0.5, 0.6) is 0 Å². The lowest BCUT2D eigenvalue weighted by atomic mass is 10.0. The Kier molecular flexibility index (Phi) is 3.59. The number of hydrogen-bond donors (Lipinski definition) is 1. The maximum absolute atomic E-state index is 10.5. The second-order valence-electron chi connectivity index (χ2n) is 3.85. The van der Waals surface area contributed by atoms with Gasteiger partial charge in [0.1, 0.15) is 0 Å². The molecule has 0 saturated heterocycles. The Hall–Kier alpha value is -1.61. The van der Waals surface area contributed by atoms with Crippen LogP contribution in [0.3, 0.4) is 0 Å². The number of aliphatic carboxylic acids is 1. The van der Waals surface area contributed by atoms with Crippen LogP contribution in [0.1, 0.15) is 23.8 Å². The van der Waals surface area contributed by atoms with Crippen LogP contribution in [0.25, 0.3) is 10.8 Å².